The van der Waals surface area contributed by atoms with Gasteiger partial charge in [-0.1, -0.05) is 43.3 Å². The highest BCUT2D eigenvalue weighted by Crippen LogP contribution is 2.23. The number of aromatic nitrogens is 2. The summed E-state index contributed by atoms with van der Waals surface area (Å²) in [6, 6.07) is 21.2. The molecule has 0 radical (unpaired) electrons. The fourth-order valence-corrected chi connectivity index (χ4v) is 3.10. The molecule has 2 aromatic heterocycles. The molecule has 0 fully saturated rings. The van der Waals surface area contributed by atoms with Crippen molar-refractivity contribution < 1.29 is 4.79 Å². The molecule has 5 heteroatoms. The third-order valence-corrected chi connectivity index (χ3v) is 4.55. The minimum Gasteiger partial charge on any atom is -0.354 e. The quantitative estimate of drug-likeness (QED) is 0.509. The van der Waals surface area contributed by atoms with Crippen molar-refractivity contribution in [2.45, 2.75) is 13.3 Å². The number of nitrogens with zero attached hydrogens (tertiary/aromatic N) is 2. The number of carbonyl (C=O) groups is 1. The number of hydrogen-bond acceptors (Lipinski definition) is 4. The first-order chi connectivity index (χ1) is 13.7. The fraction of sp³-hybridized carbons (Fsp3) is 0.0870. The maximum atomic E-state index is 12.6. The first-order valence-electron chi connectivity index (χ1n) is 9.20. The van der Waals surface area contributed by atoms with E-state index in [-0.39, 0.29) is 5.91 Å². The second-order valence-electron chi connectivity index (χ2n) is 6.40. The summed E-state index contributed by atoms with van der Waals surface area (Å²) in [5.74, 6) is -0.265. The van der Waals surface area contributed by atoms with Crippen LogP contribution in [-0.4, -0.2) is 15.9 Å². The number of rotatable bonds is 5. The molecule has 0 saturated heterocycles. The monoisotopic (exact) mass is 368 g/mol. The van der Waals surface area contributed by atoms with Crippen LogP contribution < -0.4 is 10.6 Å². The largest absolute Gasteiger partial charge is 0.354 e. The van der Waals surface area contributed by atoms with Gasteiger partial charge < -0.3 is 10.6 Å². The topological polar surface area (TPSA) is 66.9 Å². The van der Waals surface area contributed by atoms with Gasteiger partial charge in [-0.3, -0.25) is 9.78 Å². The van der Waals surface area contributed by atoms with Crippen LogP contribution in [0, 0.1) is 0 Å². The fourth-order valence-electron chi connectivity index (χ4n) is 3.10. The second-order valence-corrected chi connectivity index (χ2v) is 6.40. The van der Waals surface area contributed by atoms with Crippen LogP contribution in [0.25, 0.3) is 10.9 Å². The van der Waals surface area contributed by atoms with Crippen LogP contribution in [0.4, 0.5) is 17.1 Å². The van der Waals surface area contributed by atoms with Crippen molar-refractivity contribution >= 4 is 33.9 Å². The van der Waals surface area contributed by atoms with Gasteiger partial charge in [0.1, 0.15) is 5.69 Å². The number of fused-ring (bicyclic) bond motifs is 1. The lowest BCUT2D eigenvalue weighted by Gasteiger charge is -2.11. The van der Waals surface area contributed by atoms with E-state index in [0.717, 1.165) is 28.7 Å². The molecular weight excluding hydrogens is 348 g/mol. The van der Waals surface area contributed by atoms with Gasteiger partial charge in [-0.15, -0.1) is 0 Å². The summed E-state index contributed by atoms with van der Waals surface area (Å²) >= 11 is 0. The molecule has 4 rings (SSSR count). The Labute approximate surface area is 163 Å². The van der Waals surface area contributed by atoms with Crippen molar-refractivity contribution in [3.8, 4) is 0 Å². The molecule has 2 N–H and O–H groups in total. The van der Waals surface area contributed by atoms with Gasteiger partial charge in [-0.2, -0.15) is 0 Å². The number of carbonyl (C=O) groups excluding carboxylic acids is 1. The zero-order chi connectivity index (χ0) is 19.3. The smallest absolute Gasteiger partial charge is 0.274 e. The van der Waals surface area contributed by atoms with Gasteiger partial charge in [0.05, 0.1) is 23.1 Å². The van der Waals surface area contributed by atoms with E-state index < -0.39 is 0 Å². The molecule has 138 valence electrons. The zero-order valence-electron chi connectivity index (χ0n) is 15.5. The number of anilines is 3. The third-order valence-electron chi connectivity index (χ3n) is 4.55. The minimum atomic E-state index is -0.265. The normalized spacial score (nSPS) is 10.6. The summed E-state index contributed by atoms with van der Waals surface area (Å²) < 4.78 is 0. The van der Waals surface area contributed by atoms with Crippen LogP contribution in [0.5, 0.6) is 0 Å². The van der Waals surface area contributed by atoms with Gasteiger partial charge >= 0.3 is 0 Å². The Morgan fingerprint density at radius 2 is 1.71 bits per heavy atom. The van der Waals surface area contributed by atoms with Crippen molar-refractivity contribution in [1.29, 1.82) is 0 Å². The number of aryl methyl sites for hydroxylation is 1. The molecule has 2 heterocycles. The Hall–Kier alpha value is -3.73. The first-order valence-corrected chi connectivity index (χ1v) is 9.20. The van der Waals surface area contributed by atoms with Crippen molar-refractivity contribution in [2.24, 2.45) is 0 Å². The standard InChI is InChI=1S/C23H20N4O/c1-2-16-7-3-4-10-19(16)26-18-12-13-21(25-15-18)23(28)27-20-11-5-8-17-9-6-14-24-22(17)20/h3-15,26H,2H2,1H3,(H,27,28). The highest BCUT2D eigenvalue weighted by atomic mass is 16.1. The summed E-state index contributed by atoms with van der Waals surface area (Å²) in [5.41, 5.74) is 4.89. The van der Waals surface area contributed by atoms with Crippen molar-refractivity contribution in [2.75, 3.05) is 10.6 Å². The van der Waals surface area contributed by atoms with Crippen molar-refractivity contribution in [3.63, 3.8) is 0 Å². The Morgan fingerprint density at radius 3 is 2.54 bits per heavy atom. The van der Waals surface area contributed by atoms with Crippen molar-refractivity contribution in [3.05, 3.63) is 90.4 Å². The lowest BCUT2D eigenvalue weighted by molar-refractivity contribution is 0.102. The molecule has 0 aliphatic heterocycles. The number of nitrogens with one attached hydrogen (secondary N) is 2. The maximum Gasteiger partial charge on any atom is 0.274 e. The Balaban J connectivity index is 1.51. The number of amides is 1. The average molecular weight is 368 g/mol. The van der Waals surface area contributed by atoms with Crippen LogP contribution in [0.2, 0.25) is 0 Å². The molecule has 0 bridgehead atoms. The molecule has 2 aromatic carbocycles. The zero-order valence-corrected chi connectivity index (χ0v) is 15.5. The first kappa shape index (κ1) is 17.7. The van der Waals surface area contributed by atoms with Crippen LogP contribution in [0.1, 0.15) is 23.0 Å². The lowest BCUT2D eigenvalue weighted by atomic mass is 10.1. The van der Waals surface area contributed by atoms with Gasteiger partial charge in [-0.25, -0.2) is 4.98 Å². The van der Waals surface area contributed by atoms with E-state index in [1.807, 2.05) is 54.6 Å². The molecule has 4 aromatic rings. The predicted octanol–water partition coefficient (Wildman–Crippen LogP) is 5.19. The lowest BCUT2D eigenvalue weighted by Crippen LogP contribution is -2.14. The highest BCUT2D eigenvalue weighted by Gasteiger charge is 2.10. The van der Waals surface area contributed by atoms with Crippen molar-refractivity contribution in [1.82, 2.24) is 9.97 Å². The maximum absolute atomic E-state index is 12.6. The van der Waals surface area contributed by atoms with Crippen LogP contribution in [0.3, 0.4) is 0 Å². The van der Waals surface area contributed by atoms with E-state index in [9.17, 15) is 4.79 Å². The molecule has 0 spiro atoms. The van der Waals surface area contributed by atoms with Crippen LogP contribution >= 0.6 is 0 Å². The summed E-state index contributed by atoms with van der Waals surface area (Å²) in [6.07, 6.45) is 4.32. The summed E-state index contributed by atoms with van der Waals surface area (Å²) in [5, 5.41) is 7.24. The molecule has 0 saturated carbocycles. The molecule has 1 amide bonds. The van der Waals surface area contributed by atoms with E-state index in [1.54, 1.807) is 18.5 Å². The Kier molecular flexibility index (Phi) is 4.97. The van der Waals surface area contributed by atoms with Crippen LogP contribution in [0.15, 0.2) is 79.1 Å². The molecule has 0 aliphatic carbocycles. The number of pyridine rings is 2. The Bertz CT molecular complexity index is 1120. The van der Waals surface area contributed by atoms with E-state index in [2.05, 4.69) is 33.6 Å². The minimum absolute atomic E-state index is 0.265. The summed E-state index contributed by atoms with van der Waals surface area (Å²) in [6.45, 7) is 2.12. The molecule has 0 unspecified atom stereocenters. The van der Waals surface area contributed by atoms with E-state index in [4.69, 9.17) is 0 Å². The number of para-hydroxylation sites is 2. The predicted molar refractivity (Wildman–Crippen MR) is 113 cm³/mol. The van der Waals surface area contributed by atoms with Gasteiger partial charge in [0.25, 0.3) is 5.91 Å². The number of benzene rings is 2. The Morgan fingerprint density at radius 1 is 0.893 bits per heavy atom. The molecule has 28 heavy (non-hydrogen) atoms. The van der Waals surface area contributed by atoms with Gasteiger partial charge in [0, 0.05) is 17.3 Å². The summed E-state index contributed by atoms with van der Waals surface area (Å²) in [7, 11) is 0. The molecular formula is C23H20N4O. The molecule has 0 aliphatic rings. The van der Waals surface area contributed by atoms with E-state index in [0.29, 0.717) is 11.4 Å². The molecule has 0 atom stereocenters. The van der Waals surface area contributed by atoms with Crippen LogP contribution in [-0.2, 0) is 6.42 Å². The van der Waals surface area contributed by atoms with E-state index >= 15 is 0 Å². The van der Waals surface area contributed by atoms with Gasteiger partial charge in [-0.05, 0) is 42.3 Å². The average Bonchev–Trinajstić information content (AvgIpc) is 2.75. The number of hydrogen-bond donors (Lipinski definition) is 2. The SMILES string of the molecule is CCc1ccccc1Nc1ccc(C(=O)Nc2cccc3cccnc23)nc1. The molecule has 5 nitrogen and oxygen atoms in total. The summed E-state index contributed by atoms with van der Waals surface area (Å²) in [4.78, 5) is 21.3. The van der Waals surface area contributed by atoms with Gasteiger partial charge in [0.15, 0.2) is 0 Å². The highest BCUT2D eigenvalue weighted by molar-refractivity contribution is 6.07. The van der Waals surface area contributed by atoms with Gasteiger partial charge in [0.2, 0.25) is 0 Å². The second kappa shape index (κ2) is 7.88. The van der Waals surface area contributed by atoms with E-state index in [1.165, 1.54) is 5.56 Å². The third kappa shape index (κ3) is 3.69.